The van der Waals surface area contributed by atoms with Crippen molar-refractivity contribution < 1.29 is 9.21 Å². The fourth-order valence-electron chi connectivity index (χ4n) is 1.91. The highest BCUT2D eigenvalue weighted by Crippen LogP contribution is 2.24. The summed E-state index contributed by atoms with van der Waals surface area (Å²) in [4.78, 5) is 12.1. The first kappa shape index (κ1) is 13.0. The zero-order valence-corrected chi connectivity index (χ0v) is 11.7. The van der Waals surface area contributed by atoms with Crippen LogP contribution in [0.25, 0.3) is 11.0 Å². The molecule has 3 rings (SSSR count). The minimum Gasteiger partial charge on any atom is -0.451 e. The number of para-hydroxylation sites is 1. The van der Waals surface area contributed by atoms with Gasteiger partial charge in [0.1, 0.15) is 5.58 Å². The van der Waals surface area contributed by atoms with Crippen LogP contribution in [0.2, 0.25) is 10.0 Å². The topological polar surface area (TPSA) is 42.2 Å². The van der Waals surface area contributed by atoms with Crippen molar-refractivity contribution in [2.24, 2.45) is 0 Å². The van der Waals surface area contributed by atoms with Crippen LogP contribution in [0.1, 0.15) is 10.6 Å². The van der Waals surface area contributed by atoms with Gasteiger partial charge in [-0.05, 0) is 30.3 Å². The zero-order chi connectivity index (χ0) is 14.1. The molecule has 0 saturated heterocycles. The predicted molar refractivity (Wildman–Crippen MR) is 80.6 cm³/mol. The van der Waals surface area contributed by atoms with Crippen LogP contribution in [-0.2, 0) is 0 Å². The van der Waals surface area contributed by atoms with E-state index >= 15 is 0 Å². The number of carbonyl (C=O) groups is 1. The van der Waals surface area contributed by atoms with E-state index in [1.165, 1.54) is 0 Å². The highest BCUT2D eigenvalue weighted by atomic mass is 35.5. The first-order chi connectivity index (χ1) is 9.61. The van der Waals surface area contributed by atoms with Gasteiger partial charge in [-0.2, -0.15) is 0 Å². The van der Waals surface area contributed by atoms with Gasteiger partial charge in [-0.3, -0.25) is 4.79 Å². The van der Waals surface area contributed by atoms with E-state index in [0.29, 0.717) is 21.3 Å². The first-order valence-corrected chi connectivity index (χ1v) is 6.63. The molecule has 3 aromatic rings. The molecular weight excluding hydrogens is 297 g/mol. The Morgan fingerprint density at radius 1 is 1.00 bits per heavy atom. The second-order valence-corrected chi connectivity index (χ2v) is 5.13. The fraction of sp³-hybridized carbons (Fsp3) is 0. The normalized spacial score (nSPS) is 10.7. The van der Waals surface area contributed by atoms with E-state index in [2.05, 4.69) is 5.32 Å². The molecule has 0 atom stereocenters. The van der Waals surface area contributed by atoms with E-state index in [4.69, 9.17) is 27.6 Å². The van der Waals surface area contributed by atoms with E-state index in [1.54, 1.807) is 24.3 Å². The smallest absolute Gasteiger partial charge is 0.291 e. The van der Waals surface area contributed by atoms with Gasteiger partial charge in [0, 0.05) is 21.1 Å². The maximum Gasteiger partial charge on any atom is 0.291 e. The van der Waals surface area contributed by atoms with Gasteiger partial charge in [0.25, 0.3) is 5.91 Å². The Hall–Kier alpha value is -1.97. The molecule has 0 aliphatic carbocycles. The summed E-state index contributed by atoms with van der Waals surface area (Å²) >= 11 is 11.8. The largest absolute Gasteiger partial charge is 0.451 e. The minimum absolute atomic E-state index is 0.238. The van der Waals surface area contributed by atoms with E-state index in [0.717, 1.165) is 5.39 Å². The monoisotopic (exact) mass is 305 g/mol. The molecule has 0 spiro atoms. The third-order valence-electron chi connectivity index (χ3n) is 2.77. The number of benzene rings is 2. The molecule has 1 N–H and O–H groups in total. The molecule has 0 unspecified atom stereocenters. The Labute approximate surface area is 125 Å². The molecule has 1 amide bonds. The Kier molecular flexibility index (Phi) is 3.38. The summed E-state index contributed by atoms with van der Waals surface area (Å²) in [6.45, 7) is 0. The molecule has 5 heteroatoms. The van der Waals surface area contributed by atoms with E-state index in [9.17, 15) is 4.79 Å². The first-order valence-electron chi connectivity index (χ1n) is 5.88. The number of hydrogen-bond donors (Lipinski definition) is 1. The van der Waals surface area contributed by atoms with Crippen molar-refractivity contribution in [3.63, 3.8) is 0 Å². The Morgan fingerprint density at radius 3 is 2.40 bits per heavy atom. The van der Waals surface area contributed by atoms with Crippen LogP contribution in [0.4, 0.5) is 5.69 Å². The number of carbonyl (C=O) groups excluding carboxylic acids is 1. The lowest BCUT2D eigenvalue weighted by molar-refractivity contribution is 0.0998. The summed E-state index contributed by atoms with van der Waals surface area (Å²) < 4.78 is 5.48. The van der Waals surface area contributed by atoms with Crippen LogP contribution in [-0.4, -0.2) is 5.91 Å². The molecule has 0 fully saturated rings. The summed E-state index contributed by atoms with van der Waals surface area (Å²) in [5, 5.41) is 4.49. The lowest BCUT2D eigenvalue weighted by Crippen LogP contribution is -2.10. The van der Waals surface area contributed by atoms with Gasteiger partial charge in [-0.1, -0.05) is 41.4 Å². The SMILES string of the molecule is O=C(Nc1cc(Cl)cc(Cl)c1)c1cc2ccccc2o1. The van der Waals surface area contributed by atoms with E-state index < -0.39 is 0 Å². The van der Waals surface area contributed by atoms with Crippen molar-refractivity contribution in [2.45, 2.75) is 0 Å². The molecule has 0 aliphatic rings. The van der Waals surface area contributed by atoms with Crippen molar-refractivity contribution in [3.8, 4) is 0 Å². The van der Waals surface area contributed by atoms with Crippen molar-refractivity contribution in [3.05, 3.63) is 64.3 Å². The molecule has 1 aromatic heterocycles. The molecule has 3 nitrogen and oxygen atoms in total. The van der Waals surface area contributed by atoms with Gasteiger partial charge in [0.15, 0.2) is 5.76 Å². The van der Waals surface area contributed by atoms with Crippen LogP contribution in [0, 0.1) is 0 Å². The van der Waals surface area contributed by atoms with Gasteiger partial charge in [0.2, 0.25) is 0 Å². The second-order valence-electron chi connectivity index (χ2n) is 4.26. The number of furan rings is 1. The summed E-state index contributed by atoms with van der Waals surface area (Å²) in [7, 11) is 0. The summed E-state index contributed by atoms with van der Waals surface area (Å²) in [5.41, 5.74) is 1.19. The van der Waals surface area contributed by atoms with Gasteiger partial charge in [0.05, 0.1) is 0 Å². The number of amides is 1. The lowest BCUT2D eigenvalue weighted by Gasteiger charge is -2.04. The lowest BCUT2D eigenvalue weighted by atomic mass is 10.2. The van der Waals surface area contributed by atoms with Gasteiger partial charge in [-0.15, -0.1) is 0 Å². The van der Waals surface area contributed by atoms with E-state index in [1.807, 2.05) is 24.3 Å². The fourth-order valence-corrected chi connectivity index (χ4v) is 2.44. The third kappa shape index (κ3) is 2.64. The summed E-state index contributed by atoms with van der Waals surface area (Å²) in [6.07, 6.45) is 0. The van der Waals surface area contributed by atoms with Gasteiger partial charge < -0.3 is 9.73 Å². The standard InChI is InChI=1S/C15H9Cl2NO2/c16-10-6-11(17)8-12(7-10)18-15(19)14-5-9-3-1-2-4-13(9)20-14/h1-8H,(H,18,19). The molecule has 0 aliphatic heterocycles. The summed E-state index contributed by atoms with van der Waals surface area (Å²) in [5.74, 6) is -0.109. The predicted octanol–water partition coefficient (Wildman–Crippen LogP) is 4.99. The van der Waals surface area contributed by atoms with Crippen molar-refractivity contribution in [2.75, 3.05) is 5.32 Å². The number of hydrogen-bond acceptors (Lipinski definition) is 2. The maximum atomic E-state index is 12.1. The quantitative estimate of drug-likeness (QED) is 0.724. The Bertz CT molecular complexity index is 742. The van der Waals surface area contributed by atoms with Crippen LogP contribution in [0.15, 0.2) is 52.9 Å². The Morgan fingerprint density at radius 2 is 1.70 bits per heavy atom. The van der Waals surface area contributed by atoms with E-state index in [-0.39, 0.29) is 11.7 Å². The van der Waals surface area contributed by atoms with Gasteiger partial charge in [-0.25, -0.2) is 0 Å². The summed E-state index contributed by atoms with van der Waals surface area (Å²) in [6, 6.07) is 14.0. The average molecular weight is 306 g/mol. The minimum atomic E-state index is -0.348. The molecule has 0 radical (unpaired) electrons. The number of rotatable bonds is 2. The molecule has 2 aromatic carbocycles. The molecule has 0 bridgehead atoms. The van der Waals surface area contributed by atoms with Crippen LogP contribution in [0.3, 0.4) is 0 Å². The maximum absolute atomic E-state index is 12.1. The molecule has 100 valence electrons. The number of halogens is 2. The molecule has 1 heterocycles. The molecule has 20 heavy (non-hydrogen) atoms. The highest BCUT2D eigenvalue weighted by molar-refractivity contribution is 6.35. The van der Waals surface area contributed by atoms with Crippen LogP contribution in [0.5, 0.6) is 0 Å². The van der Waals surface area contributed by atoms with Crippen molar-refractivity contribution >= 4 is 45.8 Å². The van der Waals surface area contributed by atoms with Crippen molar-refractivity contribution in [1.82, 2.24) is 0 Å². The van der Waals surface area contributed by atoms with Crippen LogP contribution >= 0.6 is 23.2 Å². The van der Waals surface area contributed by atoms with Crippen LogP contribution < -0.4 is 5.32 Å². The Balaban J connectivity index is 1.88. The molecular formula is C15H9Cl2NO2. The third-order valence-corrected chi connectivity index (χ3v) is 3.21. The highest BCUT2D eigenvalue weighted by Gasteiger charge is 2.12. The number of nitrogens with one attached hydrogen (secondary N) is 1. The zero-order valence-electron chi connectivity index (χ0n) is 10.2. The number of anilines is 1. The average Bonchev–Trinajstić information content (AvgIpc) is 2.81. The van der Waals surface area contributed by atoms with Crippen molar-refractivity contribution in [1.29, 1.82) is 0 Å². The second kappa shape index (κ2) is 5.19. The van der Waals surface area contributed by atoms with Gasteiger partial charge >= 0.3 is 0 Å². The molecule has 0 saturated carbocycles. The number of fused-ring (bicyclic) bond motifs is 1.